The van der Waals surface area contributed by atoms with Crippen molar-refractivity contribution in [1.29, 1.82) is 0 Å². The smallest absolute Gasteiger partial charge is 0.255 e. The number of hydrogen-bond donors (Lipinski definition) is 1. The maximum atomic E-state index is 11.9. The van der Waals surface area contributed by atoms with Crippen LogP contribution in [0.25, 0.3) is 11.4 Å². The fraction of sp³-hybridized carbons (Fsp3) is 0.417. The number of nitrogens with one attached hydrogen (secondary N) is 1. The number of aromatic amines is 1. The van der Waals surface area contributed by atoms with Gasteiger partial charge in [-0.1, -0.05) is 6.92 Å². The first-order valence-corrected chi connectivity index (χ1v) is 7.16. The van der Waals surface area contributed by atoms with Crippen molar-refractivity contribution >= 4 is 11.8 Å². The number of hydrogen-bond acceptors (Lipinski definition) is 4. The van der Waals surface area contributed by atoms with Crippen LogP contribution in [0.15, 0.2) is 17.2 Å². The largest absolute Gasteiger partial charge is 0.306 e. The summed E-state index contributed by atoms with van der Waals surface area (Å²) in [5, 5.41) is 4.25. The van der Waals surface area contributed by atoms with E-state index in [1.54, 1.807) is 18.0 Å². The van der Waals surface area contributed by atoms with Crippen LogP contribution < -0.4 is 5.56 Å². The van der Waals surface area contributed by atoms with Crippen molar-refractivity contribution in [2.24, 2.45) is 0 Å². The Morgan fingerprint density at radius 2 is 2.39 bits per heavy atom. The van der Waals surface area contributed by atoms with Crippen LogP contribution in [0.1, 0.15) is 24.6 Å². The molecule has 2 aromatic rings. The molecule has 6 heteroatoms. The standard InChI is InChI=1S/C12H14N4OS/c1-2-3-16-5-8(4-13-16)11-14-10-7-18-6-9(10)12(17)15-11/h4-5H,2-3,6-7H2,1H3,(H,14,15,17). The highest BCUT2D eigenvalue weighted by atomic mass is 32.2. The molecule has 94 valence electrons. The first-order valence-electron chi connectivity index (χ1n) is 6.00. The summed E-state index contributed by atoms with van der Waals surface area (Å²) in [5.41, 5.74) is 2.61. The van der Waals surface area contributed by atoms with Gasteiger partial charge in [-0.2, -0.15) is 16.9 Å². The number of fused-ring (bicyclic) bond motifs is 1. The SMILES string of the molecule is CCCn1cc(-c2nc3c(c(=O)[nH]2)CSC3)cn1. The van der Waals surface area contributed by atoms with Crippen LogP contribution in [-0.2, 0) is 18.1 Å². The Kier molecular flexibility index (Phi) is 2.95. The van der Waals surface area contributed by atoms with Gasteiger partial charge in [0.15, 0.2) is 0 Å². The molecule has 2 aromatic heterocycles. The van der Waals surface area contributed by atoms with Crippen LogP contribution in [-0.4, -0.2) is 19.7 Å². The number of H-pyrrole nitrogens is 1. The van der Waals surface area contributed by atoms with Crippen molar-refractivity contribution < 1.29 is 0 Å². The maximum absolute atomic E-state index is 11.9. The Morgan fingerprint density at radius 1 is 1.50 bits per heavy atom. The molecule has 0 saturated heterocycles. The Bertz CT molecular complexity index is 631. The molecule has 0 saturated carbocycles. The van der Waals surface area contributed by atoms with Crippen molar-refractivity contribution in [3.8, 4) is 11.4 Å². The summed E-state index contributed by atoms with van der Waals surface area (Å²) < 4.78 is 1.87. The second-order valence-corrected chi connectivity index (χ2v) is 5.31. The number of aromatic nitrogens is 4. The summed E-state index contributed by atoms with van der Waals surface area (Å²) in [6.07, 6.45) is 4.71. The van der Waals surface area contributed by atoms with Gasteiger partial charge in [0.1, 0.15) is 5.82 Å². The minimum atomic E-state index is -0.0109. The van der Waals surface area contributed by atoms with Gasteiger partial charge in [-0.05, 0) is 6.42 Å². The van der Waals surface area contributed by atoms with Crippen LogP contribution in [0, 0.1) is 0 Å². The van der Waals surface area contributed by atoms with E-state index in [1.165, 1.54) is 0 Å². The molecule has 0 aliphatic carbocycles. The normalized spacial score (nSPS) is 13.8. The van der Waals surface area contributed by atoms with Crippen LogP contribution in [0.4, 0.5) is 0 Å². The zero-order valence-corrected chi connectivity index (χ0v) is 11.0. The number of nitrogens with zero attached hydrogens (tertiary/aromatic N) is 3. The highest BCUT2D eigenvalue weighted by molar-refractivity contribution is 7.98. The van der Waals surface area contributed by atoms with Gasteiger partial charge in [0.25, 0.3) is 5.56 Å². The fourth-order valence-corrected chi connectivity index (χ4v) is 3.07. The van der Waals surface area contributed by atoms with Crippen LogP contribution in [0.5, 0.6) is 0 Å². The number of aryl methyl sites for hydroxylation is 1. The quantitative estimate of drug-likeness (QED) is 0.916. The van der Waals surface area contributed by atoms with Gasteiger partial charge in [-0.25, -0.2) is 4.98 Å². The number of thioether (sulfide) groups is 1. The average Bonchev–Trinajstić information content (AvgIpc) is 2.97. The average molecular weight is 262 g/mol. The third-order valence-corrected chi connectivity index (χ3v) is 3.92. The van der Waals surface area contributed by atoms with E-state index in [9.17, 15) is 4.79 Å². The Labute approximate surface area is 109 Å². The molecule has 0 bridgehead atoms. The van der Waals surface area contributed by atoms with E-state index in [1.807, 2.05) is 10.9 Å². The summed E-state index contributed by atoms with van der Waals surface area (Å²) in [6.45, 7) is 2.99. The monoisotopic (exact) mass is 262 g/mol. The van der Waals surface area contributed by atoms with E-state index < -0.39 is 0 Å². The zero-order valence-electron chi connectivity index (χ0n) is 10.1. The molecule has 1 aliphatic rings. The minimum absolute atomic E-state index is 0.0109. The molecule has 3 rings (SSSR count). The van der Waals surface area contributed by atoms with E-state index in [2.05, 4.69) is 22.0 Å². The Morgan fingerprint density at radius 3 is 3.22 bits per heavy atom. The molecule has 18 heavy (non-hydrogen) atoms. The molecular weight excluding hydrogens is 248 g/mol. The van der Waals surface area contributed by atoms with Crippen molar-refractivity contribution in [2.75, 3.05) is 0 Å². The molecule has 1 N–H and O–H groups in total. The predicted molar refractivity (Wildman–Crippen MR) is 71.4 cm³/mol. The van der Waals surface area contributed by atoms with Crippen molar-refractivity contribution in [3.63, 3.8) is 0 Å². The van der Waals surface area contributed by atoms with Crippen molar-refractivity contribution in [1.82, 2.24) is 19.7 Å². The van der Waals surface area contributed by atoms with E-state index in [0.29, 0.717) is 5.82 Å². The van der Waals surface area contributed by atoms with Crippen LogP contribution >= 0.6 is 11.8 Å². The van der Waals surface area contributed by atoms with Crippen LogP contribution in [0.3, 0.4) is 0 Å². The molecular formula is C12H14N4OS. The van der Waals surface area contributed by atoms with Gasteiger partial charge < -0.3 is 4.98 Å². The number of rotatable bonds is 3. The molecule has 0 aromatic carbocycles. The van der Waals surface area contributed by atoms with Crippen LogP contribution in [0.2, 0.25) is 0 Å². The summed E-state index contributed by atoms with van der Waals surface area (Å²) in [4.78, 5) is 19.3. The summed E-state index contributed by atoms with van der Waals surface area (Å²) in [7, 11) is 0. The summed E-state index contributed by atoms with van der Waals surface area (Å²) in [6, 6.07) is 0. The molecule has 0 atom stereocenters. The first-order chi connectivity index (χ1) is 8.78. The maximum Gasteiger partial charge on any atom is 0.255 e. The predicted octanol–water partition coefficient (Wildman–Crippen LogP) is 1.79. The fourth-order valence-electron chi connectivity index (χ4n) is 2.04. The second kappa shape index (κ2) is 4.61. The lowest BCUT2D eigenvalue weighted by Crippen LogP contribution is -2.14. The Hall–Kier alpha value is -1.56. The minimum Gasteiger partial charge on any atom is -0.306 e. The third kappa shape index (κ3) is 1.96. The molecule has 0 spiro atoms. The Balaban J connectivity index is 2.01. The van der Waals surface area contributed by atoms with Gasteiger partial charge >= 0.3 is 0 Å². The third-order valence-electron chi connectivity index (χ3n) is 2.95. The van der Waals surface area contributed by atoms with E-state index >= 15 is 0 Å². The van der Waals surface area contributed by atoms with E-state index in [0.717, 1.165) is 41.3 Å². The topological polar surface area (TPSA) is 63.6 Å². The van der Waals surface area contributed by atoms with Gasteiger partial charge in [-0.3, -0.25) is 9.48 Å². The lowest BCUT2D eigenvalue weighted by atomic mass is 10.2. The van der Waals surface area contributed by atoms with Gasteiger partial charge in [0, 0.05) is 29.8 Å². The molecule has 0 radical (unpaired) electrons. The van der Waals surface area contributed by atoms with E-state index in [4.69, 9.17) is 0 Å². The lowest BCUT2D eigenvalue weighted by Gasteiger charge is -2.00. The van der Waals surface area contributed by atoms with Gasteiger partial charge in [-0.15, -0.1) is 0 Å². The highest BCUT2D eigenvalue weighted by Gasteiger charge is 2.18. The highest BCUT2D eigenvalue weighted by Crippen LogP contribution is 2.26. The summed E-state index contributed by atoms with van der Waals surface area (Å²) in [5.74, 6) is 2.23. The van der Waals surface area contributed by atoms with Crippen molar-refractivity contribution in [2.45, 2.75) is 31.4 Å². The van der Waals surface area contributed by atoms with Crippen molar-refractivity contribution in [3.05, 3.63) is 34.0 Å². The first kappa shape index (κ1) is 11.5. The molecule has 3 heterocycles. The summed E-state index contributed by atoms with van der Waals surface area (Å²) >= 11 is 1.73. The molecule has 0 amide bonds. The molecule has 0 fully saturated rings. The van der Waals surface area contributed by atoms with Gasteiger partial charge in [0.2, 0.25) is 0 Å². The lowest BCUT2D eigenvalue weighted by molar-refractivity contribution is 0.603. The zero-order chi connectivity index (χ0) is 12.5. The molecule has 1 aliphatic heterocycles. The second-order valence-electron chi connectivity index (χ2n) is 4.32. The molecule has 0 unspecified atom stereocenters. The van der Waals surface area contributed by atoms with E-state index in [-0.39, 0.29) is 5.56 Å². The molecule has 5 nitrogen and oxygen atoms in total. The van der Waals surface area contributed by atoms with Gasteiger partial charge in [0.05, 0.1) is 17.5 Å².